The Bertz CT molecular complexity index is 537. The summed E-state index contributed by atoms with van der Waals surface area (Å²) in [5.41, 5.74) is 0. The van der Waals surface area contributed by atoms with Gasteiger partial charge in [-0.25, -0.2) is 4.98 Å². The molecule has 3 atom stereocenters. The molecule has 3 unspecified atom stereocenters. The monoisotopic (exact) mass is 291 g/mol. The van der Waals surface area contributed by atoms with Crippen molar-refractivity contribution in [2.24, 2.45) is 13.0 Å². The van der Waals surface area contributed by atoms with Gasteiger partial charge in [-0.3, -0.25) is 0 Å². The molecular weight excluding hydrogens is 270 g/mol. The van der Waals surface area contributed by atoms with Crippen molar-refractivity contribution in [3.05, 3.63) is 40.6 Å². The average molecular weight is 291 g/mol. The predicted molar refractivity (Wildman–Crippen MR) is 80.9 cm³/mol. The first-order valence-corrected chi connectivity index (χ1v) is 7.99. The van der Waals surface area contributed by atoms with Crippen LogP contribution < -0.4 is 5.32 Å². The number of nitrogens with one attached hydrogen (secondary N) is 1. The van der Waals surface area contributed by atoms with E-state index in [1.165, 1.54) is 4.88 Å². The minimum Gasteiger partial charge on any atom is -0.378 e. The fraction of sp³-hybridized carbons (Fsp3) is 0.533. The standard InChI is InChI=1S/C15H21N3OS/c1-11-12(5-8-19-11)10-17-14(13-4-3-9-20-13)15-16-6-7-18(15)2/h3-4,6-7,9,11-12,14,17H,5,8,10H2,1-2H3. The van der Waals surface area contributed by atoms with Crippen LogP contribution in [-0.2, 0) is 11.8 Å². The molecule has 2 aromatic heterocycles. The summed E-state index contributed by atoms with van der Waals surface area (Å²) in [6, 6.07) is 4.44. The van der Waals surface area contributed by atoms with E-state index in [1.54, 1.807) is 11.3 Å². The molecule has 5 heteroatoms. The second-order valence-corrected chi connectivity index (χ2v) is 6.36. The zero-order valence-electron chi connectivity index (χ0n) is 12.0. The van der Waals surface area contributed by atoms with E-state index >= 15 is 0 Å². The lowest BCUT2D eigenvalue weighted by atomic mass is 10.0. The van der Waals surface area contributed by atoms with E-state index in [2.05, 4.69) is 39.3 Å². The van der Waals surface area contributed by atoms with Crippen LogP contribution in [0.25, 0.3) is 0 Å². The molecule has 1 N–H and O–H groups in total. The van der Waals surface area contributed by atoms with Gasteiger partial charge in [-0.15, -0.1) is 11.3 Å². The molecule has 2 aromatic rings. The van der Waals surface area contributed by atoms with Crippen LogP contribution in [-0.4, -0.2) is 28.8 Å². The lowest BCUT2D eigenvalue weighted by Gasteiger charge is -2.21. The van der Waals surface area contributed by atoms with Crippen molar-refractivity contribution in [2.45, 2.75) is 25.5 Å². The highest BCUT2D eigenvalue weighted by Gasteiger charge is 2.26. The van der Waals surface area contributed by atoms with Gasteiger partial charge < -0.3 is 14.6 Å². The van der Waals surface area contributed by atoms with Crippen LogP contribution in [0.4, 0.5) is 0 Å². The molecule has 0 spiro atoms. The Morgan fingerprint density at radius 3 is 3.10 bits per heavy atom. The summed E-state index contributed by atoms with van der Waals surface area (Å²) in [6.07, 6.45) is 5.36. The van der Waals surface area contributed by atoms with Crippen LogP contribution in [0.15, 0.2) is 29.9 Å². The summed E-state index contributed by atoms with van der Waals surface area (Å²) in [4.78, 5) is 5.82. The molecule has 0 saturated carbocycles. The average Bonchev–Trinajstić information content (AvgIpc) is 3.15. The van der Waals surface area contributed by atoms with Gasteiger partial charge in [0, 0.05) is 37.5 Å². The number of rotatable bonds is 5. The van der Waals surface area contributed by atoms with Crippen molar-refractivity contribution >= 4 is 11.3 Å². The van der Waals surface area contributed by atoms with E-state index < -0.39 is 0 Å². The van der Waals surface area contributed by atoms with Gasteiger partial charge in [-0.05, 0) is 30.7 Å². The zero-order chi connectivity index (χ0) is 13.9. The van der Waals surface area contributed by atoms with Gasteiger partial charge in [0.2, 0.25) is 0 Å². The first kappa shape index (κ1) is 13.8. The van der Waals surface area contributed by atoms with E-state index in [0.717, 1.165) is 25.4 Å². The molecule has 0 aromatic carbocycles. The fourth-order valence-electron chi connectivity index (χ4n) is 2.74. The Balaban J connectivity index is 1.75. The van der Waals surface area contributed by atoms with Crippen LogP contribution in [0.3, 0.4) is 0 Å². The quantitative estimate of drug-likeness (QED) is 0.920. The van der Waals surface area contributed by atoms with E-state index in [9.17, 15) is 0 Å². The molecule has 1 fully saturated rings. The number of imidazole rings is 1. The largest absolute Gasteiger partial charge is 0.378 e. The van der Waals surface area contributed by atoms with E-state index in [1.807, 2.05) is 19.4 Å². The van der Waals surface area contributed by atoms with Gasteiger partial charge in [-0.2, -0.15) is 0 Å². The Morgan fingerprint density at radius 2 is 2.50 bits per heavy atom. The summed E-state index contributed by atoms with van der Waals surface area (Å²) in [5, 5.41) is 5.80. The van der Waals surface area contributed by atoms with E-state index in [-0.39, 0.29) is 6.04 Å². The number of aryl methyl sites for hydroxylation is 1. The maximum Gasteiger partial charge on any atom is 0.131 e. The molecule has 0 aliphatic carbocycles. The highest BCUT2D eigenvalue weighted by Crippen LogP contribution is 2.26. The second-order valence-electron chi connectivity index (χ2n) is 5.38. The highest BCUT2D eigenvalue weighted by molar-refractivity contribution is 7.10. The third-order valence-corrected chi connectivity index (χ3v) is 5.00. The lowest BCUT2D eigenvalue weighted by Crippen LogP contribution is -2.31. The summed E-state index contributed by atoms with van der Waals surface area (Å²) in [5.74, 6) is 1.66. The van der Waals surface area contributed by atoms with E-state index in [4.69, 9.17) is 4.74 Å². The molecule has 3 rings (SSSR count). The predicted octanol–water partition coefficient (Wildman–Crippen LogP) is 2.59. The van der Waals surface area contributed by atoms with Crippen LogP contribution in [0.2, 0.25) is 0 Å². The summed E-state index contributed by atoms with van der Waals surface area (Å²) in [6.45, 7) is 4.02. The third kappa shape index (κ3) is 2.80. The normalized spacial score (nSPS) is 24.1. The fourth-order valence-corrected chi connectivity index (χ4v) is 3.54. The van der Waals surface area contributed by atoms with Crippen molar-refractivity contribution in [3.63, 3.8) is 0 Å². The van der Waals surface area contributed by atoms with Crippen molar-refractivity contribution in [1.82, 2.24) is 14.9 Å². The van der Waals surface area contributed by atoms with Crippen LogP contribution in [0, 0.1) is 5.92 Å². The Kier molecular flexibility index (Phi) is 4.19. The van der Waals surface area contributed by atoms with Crippen LogP contribution in [0.5, 0.6) is 0 Å². The van der Waals surface area contributed by atoms with Crippen molar-refractivity contribution < 1.29 is 4.74 Å². The smallest absolute Gasteiger partial charge is 0.131 e. The number of aromatic nitrogens is 2. The first-order chi connectivity index (χ1) is 9.75. The Morgan fingerprint density at radius 1 is 1.60 bits per heavy atom. The van der Waals surface area contributed by atoms with Gasteiger partial charge >= 0.3 is 0 Å². The topological polar surface area (TPSA) is 39.1 Å². The minimum absolute atomic E-state index is 0.169. The highest BCUT2D eigenvalue weighted by atomic mass is 32.1. The van der Waals surface area contributed by atoms with Crippen LogP contribution in [0.1, 0.15) is 30.1 Å². The van der Waals surface area contributed by atoms with Gasteiger partial charge in [0.15, 0.2) is 0 Å². The molecule has 0 radical (unpaired) electrons. The SMILES string of the molecule is CC1OCCC1CNC(c1cccs1)c1nccn1C. The molecule has 108 valence electrons. The summed E-state index contributed by atoms with van der Waals surface area (Å²) >= 11 is 1.77. The lowest BCUT2D eigenvalue weighted by molar-refractivity contribution is 0.105. The molecule has 0 amide bonds. The molecule has 20 heavy (non-hydrogen) atoms. The first-order valence-electron chi connectivity index (χ1n) is 7.11. The maximum absolute atomic E-state index is 5.64. The van der Waals surface area contributed by atoms with Gasteiger partial charge in [-0.1, -0.05) is 6.07 Å². The number of nitrogens with zero attached hydrogens (tertiary/aromatic N) is 2. The second kappa shape index (κ2) is 6.08. The van der Waals surface area contributed by atoms with E-state index in [0.29, 0.717) is 12.0 Å². The zero-order valence-corrected chi connectivity index (χ0v) is 12.8. The molecule has 3 heterocycles. The summed E-state index contributed by atoms with van der Waals surface area (Å²) in [7, 11) is 2.05. The van der Waals surface area contributed by atoms with Crippen LogP contribution >= 0.6 is 11.3 Å². The molecule has 1 aliphatic heterocycles. The molecule has 1 aliphatic rings. The third-order valence-electron chi connectivity index (χ3n) is 4.06. The Labute approximate surface area is 123 Å². The number of ether oxygens (including phenoxy) is 1. The van der Waals surface area contributed by atoms with Gasteiger partial charge in [0.05, 0.1) is 6.10 Å². The minimum atomic E-state index is 0.169. The van der Waals surface area contributed by atoms with Gasteiger partial charge in [0.25, 0.3) is 0 Å². The number of hydrogen-bond donors (Lipinski definition) is 1. The molecule has 1 saturated heterocycles. The number of hydrogen-bond acceptors (Lipinski definition) is 4. The summed E-state index contributed by atoms with van der Waals surface area (Å²) < 4.78 is 7.73. The van der Waals surface area contributed by atoms with Crippen molar-refractivity contribution in [1.29, 1.82) is 0 Å². The molecule has 4 nitrogen and oxygen atoms in total. The number of thiophene rings is 1. The van der Waals surface area contributed by atoms with Crippen molar-refractivity contribution in [3.8, 4) is 0 Å². The molecule has 0 bridgehead atoms. The Hall–Kier alpha value is -1.17. The maximum atomic E-state index is 5.64. The van der Waals surface area contributed by atoms with Gasteiger partial charge in [0.1, 0.15) is 11.9 Å². The molecular formula is C15H21N3OS. The van der Waals surface area contributed by atoms with Crippen molar-refractivity contribution in [2.75, 3.05) is 13.2 Å².